The first-order chi connectivity index (χ1) is 10.5. The van der Waals surface area contributed by atoms with E-state index >= 15 is 0 Å². The molecular weight excluding hydrogens is 280 g/mol. The third kappa shape index (κ3) is 2.08. The molecule has 116 valence electrons. The summed E-state index contributed by atoms with van der Waals surface area (Å²) in [6.45, 7) is 4.06. The van der Waals surface area contributed by atoms with E-state index in [1.807, 2.05) is 13.0 Å². The van der Waals surface area contributed by atoms with E-state index in [2.05, 4.69) is 29.4 Å². The Bertz CT molecular complexity index is 745. The maximum absolute atomic E-state index is 12.0. The Kier molecular flexibility index (Phi) is 3.43. The highest BCUT2D eigenvalue weighted by Gasteiger charge is 2.47. The molecule has 2 N–H and O–H groups in total. The van der Waals surface area contributed by atoms with Crippen LogP contribution >= 0.6 is 0 Å². The summed E-state index contributed by atoms with van der Waals surface area (Å²) >= 11 is 0. The Balaban J connectivity index is 2.25. The molecule has 0 saturated carbocycles. The number of amides is 1. The van der Waals surface area contributed by atoms with E-state index in [0.29, 0.717) is 6.42 Å². The lowest BCUT2D eigenvalue weighted by atomic mass is 9.63. The average molecular weight is 300 g/mol. The van der Waals surface area contributed by atoms with Gasteiger partial charge in [0.15, 0.2) is 0 Å². The molecule has 1 aromatic heterocycles. The van der Waals surface area contributed by atoms with Gasteiger partial charge in [-0.05, 0) is 38.3 Å². The minimum absolute atomic E-state index is 0.116. The highest BCUT2D eigenvalue weighted by atomic mass is 16.5. The molecule has 2 aliphatic rings. The van der Waals surface area contributed by atoms with Gasteiger partial charge in [0, 0.05) is 23.2 Å². The number of alkyl carbamates (subject to hydrolysis) is 1. The summed E-state index contributed by atoms with van der Waals surface area (Å²) < 4.78 is 4.84. The normalized spacial score (nSPS) is 27.9. The van der Waals surface area contributed by atoms with Gasteiger partial charge in [-0.2, -0.15) is 0 Å². The number of carbonyl (C=O) groups excluding carboxylic acids is 1. The minimum atomic E-state index is -0.636. The van der Waals surface area contributed by atoms with Gasteiger partial charge in [0.05, 0.1) is 12.6 Å². The summed E-state index contributed by atoms with van der Waals surface area (Å²) in [6.07, 6.45) is 5.25. The third-order valence-electron chi connectivity index (χ3n) is 4.62. The lowest BCUT2D eigenvalue weighted by Crippen LogP contribution is -2.53. The number of hydrogen-bond donors (Lipinski definition) is 2. The largest absolute Gasteiger partial charge is 0.453 e. The van der Waals surface area contributed by atoms with Crippen molar-refractivity contribution in [3.8, 4) is 0 Å². The van der Waals surface area contributed by atoms with E-state index in [1.54, 1.807) is 0 Å². The number of aromatic nitrogens is 1. The Labute approximate surface area is 129 Å². The van der Waals surface area contributed by atoms with E-state index in [4.69, 9.17) is 4.74 Å². The molecule has 5 nitrogen and oxygen atoms in total. The van der Waals surface area contributed by atoms with Crippen LogP contribution in [0.25, 0.3) is 0 Å². The molecule has 3 rings (SSSR count). The van der Waals surface area contributed by atoms with Crippen LogP contribution in [0.15, 0.2) is 40.2 Å². The number of methoxy groups -OCH3 is 1. The maximum atomic E-state index is 12.0. The molecule has 1 aromatic rings. The number of aromatic amines is 1. The molecule has 2 atom stereocenters. The quantitative estimate of drug-likeness (QED) is 0.782. The standard InChI is InChI=1S/C17H20N2O3/c1-4-12-11-7-10(2)9-17(12,19-16(21)22-3)13-5-6-15(20)18-14(13)8-11/h4-7,11H,8-9H2,1-3H3,(H,18,20)(H,19,21)/t11-,17+/m0/s1. The SMILES string of the molecule is CC=C1[C@H]2C=C(C)C[C@]1(NC(=O)OC)c1ccc(=O)[nH]c1C2. The first kappa shape index (κ1) is 14.6. The van der Waals surface area contributed by atoms with Crippen LogP contribution in [0, 0.1) is 5.92 Å². The van der Waals surface area contributed by atoms with Crippen LogP contribution in [-0.4, -0.2) is 18.2 Å². The summed E-state index contributed by atoms with van der Waals surface area (Å²) in [5.41, 5.74) is 3.47. The number of hydrogen-bond acceptors (Lipinski definition) is 3. The molecule has 0 unspecified atom stereocenters. The molecule has 1 amide bonds. The number of pyridine rings is 1. The van der Waals surface area contributed by atoms with Crippen molar-refractivity contribution >= 4 is 6.09 Å². The summed E-state index contributed by atoms with van der Waals surface area (Å²) in [4.78, 5) is 26.6. The van der Waals surface area contributed by atoms with Crippen LogP contribution in [0.3, 0.4) is 0 Å². The summed E-state index contributed by atoms with van der Waals surface area (Å²) in [6, 6.07) is 3.34. The molecule has 0 fully saturated rings. The average Bonchev–Trinajstić information content (AvgIpc) is 2.45. The monoisotopic (exact) mass is 300 g/mol. The summed E-state index contributed by atoms with van der Waals surface area (Å²) in [7, 11) is 1.36. The Morgan fingerprint density at radius 1 is 1.50 bits per heavy atom. The van der Waals surface area contributed by atoms with Gasteiger partial charge in [0.2, 0.25) is 5.56 Å². The van der Waals surface area contributed by atoms with Crippen LogP contribution in [0.5, 0.6) is 0 Å². The molecule has 2 bridgehead atoms. The van der Waals surface area contributed by atoms with Crippen LogP contribution in [0.4, 0.5) is 4.79 Å². The highest BCUT2D eigenvalue weighted by molar-refractivity contribution is 5.71. The van der Waals surface area contributed by atoms with Crippen molar-refractivity contribution in [1.82, 2.24) is 10.3 Å². The first-order valence-electron chi connectivity index (χ1n) is 7.43. The molecule has 0 saturated heterocycles. The van der Waals surface area contributed by atoms with Gasteiger partial charge < -0.3 is 15.0 Å². The van der Waals surface area contributed by atoms with Crippen LogP contribution in [-0.2, 0) is 16.7 Å². The second kappa shape index (κ2) is 5.16. The number of fused-ring (bicyclic) bond motifs is 4. The zero-order chi connectivity index (χ0) is 15.9. The van der Waals surface area contributed by atoms with Crippen molar-refractivity contribution < 1.29 is 9.53 Å². The molecule has 1 heterocycles. The number of H-pyrrole nitrogens is 1. The Morgan fingerprint density at radius 3 is 2.95 bits per heavy atom. The molecule has 5 heteroatoms. The number of allylic oxidation sites excluding steroid dienone is 2. The Morgan fingerprint density at radius 2 is 2.27 bits per heavy atom. The predicted molar refractivity (Wildman–Crippen MR) is 83.6 cm³/mol. The summed E-state index contributed by atoms with van der Waals surface area (Å²) in [5, 5.41) is 3.03. The summed E-state index contributed by atoms with van der Waals surface area (Å²) in [5.74, 6) is 0.182. The molecular formula is C17H20N2O3. The molecule has 2 aliphatic carbocycles. The second-order valence-electron chi connectivity index (χ2n) is 5.98. The van der Waals surface area contributed by atoms with Crippen LogP contribution < -0.4 is 10.9 Å². The van der Waals surface area contributed by atoms with E-state index in [0.717, 1.165) is 23.3 Å². The highest BCUT2D eigenvalue weighted by Crippen LogP contribution is 2.49. The van der Waals surface area contributed by atoms with Gasteiger partial charge >= 0.3 is 6.09 Å². The smallest absolute Gasteiger partial charge is 0.407 e. The predicted octanol–water partition coefficient (Wildman–Crippen LogP) is 2.39. The van der Waals surface area contributed by atoms with Gasteiger partial charge in [-0.3, -0.25) is 4.79 Å². The van der Waals surface area contributed by atoms with E-state index in [1.165, 1.54) is 18.7 Å². The fraction of sp³-hybridized carbons (Fsp3) is 0.412. The van der Waals surface area contributed by atoms with Crippen molar-refractivity contribution in [2.45, 2.75) is 32.2 Å². The van der Waals surface area contributed by atoms with Crippen molar-refractivity contribution in [2.24, 2.45) is 5.92 Å². The lowest BCUT2D eigenvalue weighted by Gasteiger charge is -2.47. The van der Waals surface area contributed by atoms with Crippen LogP contribution in [0.2, 0.25) is 0 Å². The third-order valence-corrected chi connectivity index (χ3v) is 4.62. The van der Waals surface area contributed by atoms with Crippen molar-refractivity contribution in [3.63, 3.8) is 0 Å². The number of carbonyl (C=O) groups is 1. The van der Waals surface area contributed by atoms with E-state index < -0.39 is 11.6 Å². The van der Waals surface area contributed by atoms with Gasteiger partial charge in [-0.25, -0.2) is 4.79 Å². The molecule has 0 aromatic carbocycles. The van der Waals surface area contributed by atoms with Crippen molar-refractivity contribution in [2.75, 3.05) is 7.11 Å². The number of rotatable bonds is 1. The number of nitrogens with one attached hydrogen (secondary N) is 2. The Hall–Kier alpha value is -2.30. The van der Waals surface area contributed by atoms with Crippen LogP contribution in [0.1, 0.15) is 31.5 Å². The minimum Gasteiger partial charge on any atom is -0.453 e. The van der Waals surface area contributed by atoms with Gasteiger partial charge in [-0.15, -0.1) is 0 Å². The fourth-order valence-electron chi connectivity index (χ4n) is 3.92. The van der Waals surface area contributed by atoms with Crippen molar-refractivity contribution in [3.05, 3.63) is 57.0 Å². The van der Waals surface area contributed by atoms with Gasteiger partial charge in [-0.1, -0.05) is 17.7 Å². The zero-order valence-corrected chi connectivity index (χ0v) is 13.0. The molecule has 0 spiro atoms. The van der Waals surface area contributed by atoms with Gasteiger partial charge in [0.1, 0.15) is 0 Å². The van der Waals surface area contributed by atoms with Gasteiger partial charge in [0.25, 0.3) is 0 Å². The lowest BCUT2D eigenvalue weighted by molar-refractivity contribution is 0.155. The number of ether oxygens (including phenoxy) is 1. The maximum Gasteiger partial charge on any atom is 0.407 e. The first-order valence-corrected chi connectivity index (χ1v) is 7.43. The fourth-order valence-corrected chi connectivity index (χ4v) is 3.92. The van der Waals surface area contributed by atoms with Crippen molar-refractivity contribution in [1.29, 1.82) is 0 Å². The zero-order valence-electron chi connectivity index (χ0n) is 13.0. The second-order valence-corrected chi connectivity index (χ2v) is 5.98. The topological polar surface area (TPSA) is 71.2 Å². The molecule has 22 heavy (non-hydrogen) atoms. The van der Waals surface area contributed by atoms with E-state index in [-0.39, 0.29) is 11.5 Å². The molecule has 0 aliphatic heterocycles. The molecule has 0 radical (unpaired) electrons. The van der Waals surface area contributed by atoms with E-state index in [9.17, 15) is 9.59 Å².